The number of hydrogen-bond acceptors (Lipinski definition) is 4. The number of nitrogens with two attached hydrogens (primary N) is 1. The Morgan fingerprint density at radius 1 is 1.52 bits per heavy atom. The van der Waals surface area contributed by atoms with Crippen LogP contribution in [0.2, 0.25) is 0 Å². The first-order chi connectivity index (χ1) is 9.99. The van der Waals surface area contributed by atoms with E-state index in [0.717, 1.165) is 17.7 Å². The van der Waals surface area contributed by atoms with E-state index in [1.54, 1.807) is 7.11 Å². The topological polar surface area (TPSA) is 55.6 Å². The molecule has 0 spiro atoms. The number of β-lactam (4-membered cyclic amide) rings is 1. The summed E-state index contributed by atoms with van der Waals surface area (Å²) in [6, 6.07) is 7.63. The zero-order chi connectivity index (χ0) is 15.6. The minimum absolute atomic E-state index is 0.0201. The van der Waals surface area contributed by atoms with Crippen molar-refractivity contribution in [3.8, 4) is 5.75 Å². The van der Waals surface area contributed by atoms with Crippen molar-refractivity contribution in [3.63, 3.8) is 0 Å². The standard InChI is InChI=1S/C15H20N2O2S.Hg/c1-9(2)12(17-14(18)13(16)15(17)20)8-10-4-6-11(19-3)7-5-10;/h4-7,12-13,15,20H,1,8,16H2,2-3H3;/q;+2/p-1. The molecule has 0 aromatic heterocycles. The molecule has 2 rings (SSSR count). The summed E-state index contributed by atoms with van der Waals surface area (Å²) < 4.78 is 5.17. The van der Waals surface area contributed by atoms with Gasteiger partial charge in [-0.05, 0) is 0 Å². The van der Waals surface area contributed by atoms with Crippen molar-refractivity contribution in [2.45, 2.75) is 30.8 Å². The molecule has 1 heterocycles. The molecule has 1 aliphatic heterocycles. The van der Waals surface area contributed by atoms with Crippen LogP contribution >= 0.6 is 8.24 Å². The molecular formula is C15H19HgN2O2S+. The number of ether oxygens (including phenoxy) is 1. The monoisotopic (exact) mass is 493 g/mol. The van der Waals surface area contributed by atoms with Crippen LogP contribution in [0.1, 0.15) is 12.5 Å². The molecule has 3 atom stereocenters. The molecule has 3 unspecified atom stereocenters. The second-order valence-electron chi connectivity index (χ2n) is 5.24. The zero-order valence-electron chi connectivity index (χ0n) is 12.4. The van der Waals surface area contributed by atoms with Gasteiger partial charge in [0.2, 0.25) is 0 Å². The van der Waals surface area contributed by atoms with Crippen molar-refractivity contribution in [1.82, 2.24) is 4.90 Å². The Hall–Kier alpha value is -0.525. The molecule has 0 radical (unpaired) electrons. The van der Waals surface area contributed by atoms with E-state index in [1.165, 1.54) is 5.56 Å². The Labute approximate surface area is 144 Å². The number of likely N-dealkylation sites (tertiary alicyclic amines) is 1. The van der Waals surface area contributed by atoms with Gasteiger partial charge in [-0.2, -0.15) is 0 Å². The first kappa shape index (κ1) is 16.8. The van der Waals surface area contributed by atoms with Gasteiger partial charge in [-0.15, -0.1) is 0 Å². The van der Waals surface area contributed by atoms with Crippen molar-refractivity contribution >= 4 is 14.1 Å². The summed E-state index contributed by atoms with van der Waals surface area (Å²) in [5.41, 5.74) is 8.07. The van der Waals surface area contributed by atoms with Gasteiger partial charge in [0.05, 0.1) is 0 Å². The molecule has 0 bridgehead atoms. The fourth-order valence-corrected chi connectivity index (χ4v) is 7.55. The molecule has 1 saturated heterocycles. The predicted molar refractivity (Wildman–Crippen MR) is 81.5 cm³/mol. The minimum atomic E-state index is -0.342. The van der Waals surface area contributed by atoms with Gasteiger partial charge < -0.3 is 0 Å². The summed E-state index contributed by atoms with van der Waals surface area (Å²) >= 11 is 0.554. The molecule has 1 fully saturated rings. The van der Waals surface area contributed by atoms with E-state index >= 15 is 0 Å². The Morgan fingerprint density at radius 2 is 2.14 bits per heavy atom. The molecule has 21 heavy (non-hydrogen) atoms. The van der Waals surface area contributed by atoms with Crippen LogP contribution in [0.15, 0.2) is 36.4 Å². The van der Waals surface area contributed by atoms with Crippen molar-refractivity contribution in [3.05, 3.63) is 42.0 Å². The predicted octanol–water partition coefficient (Wildman–Crippen LogP) is 1.87. The van der Waals surface area contributed by atoms with Crippen LogP contribution in [0.4, 0.5) is 0 Å². The quantitative estimate of drug-likeness (QED) is 0.375. The van der Waals surface area contributed by atoms with Crippen LogP contribution in [-0.2, 0) is 35.8 Å². The van der Waals surface area contributed by atoms with Crippen molar-refractivity contribution in [1.29, 1.82) is 0 Å². The molecule has 4 nitrogen and oxygen atoms in total. The van der Waals surface area contributed by atoms with Crippen LogP contribution in [0.25, 0.3) is 0 Å². The number of rotatable bonds is 6. The van der Waals surface area contributed by atoms with E-state index in [4.69, 9.17) is 10.5 Å². The number of carbonyl (C=O) groups is 1. The number of hydrogen-bond donors (Lipinski definition) is 1. The fraction of sp³-hybridized carbons (Fsp3) is 0.400. The van der Waals surface area contributed by atoms with Gasteiger partial charge in [0.25, 0.3) is 0 Å². The zero-order valence-corrected chi connectivity index (χ0v) is 18.7. The van der Waals surface area contributed by atoms with Gasteiger partial charge in [-0.1, -0.05) is 0 Å². The second kappa shape index (κ2) is 7.16. The molecule has 0 aliphatic carbocycles. The molecule has 6 heteroatoms. The van der Waals surface area contributed by atoms with Gasteiger partial charge >= 0.3 is 145 Å². The van der Waals surface area contributed by atoms with Gasteiger partial charge in [0.15, 0.2) is 0 Å². The average molecular weight is 492 g/mol. The first-order valence-electron chi connectivity index (χ1n) is 6.76. The summed E-state index contributed by atoms with van der Waals surface area (Å²) in [7, 11) is 3.46. The van der Waals surface area contributed by atoms with Gasteiger partial charge in [-0.25, -0.2) is 0 Å². The number of nitrogens with zero attached hydrogens (tertiary/aromatic N) is 1. The van der Waals surface area contributed by atoms with Crippen molar-refractivity contribution in [2.75, 3.05) is 7.11 Å². The maximum atomic E-state index is 12.1. The summed E-state index contributed by atoms with van der Waals surface area (Å²) in [5, 5.41) is 0.126. The summed E-state index contributed by atoms with van der Waals surface area (Å²) in [6.45, 7) is 6.04. The van der Waals surface area contributed by atoms with Crippen LogP contribution < -0.4 is 10.5 Å². The second-order valence-corrected chi connectivity index (χ2v) is 9.95. The van der Waals surface area contributed by atoms with Crippen molar-refractivity contribution < 1.29 is 34.1 Å². The number of amides is 1. The molecule has 108 valence electrons. The van der Waals surface area contributed by atoms with Gasteiger partial charge in [0, 0.05) is 0 Å². The van der Waals surface area contributed by atoms with E-state index in [9.17, 15) is 4.79 Å². The van der Waals surface area contributed by atoms with Crippen molar-refractivity contribution in [2.24, 2.45) is 5.73 Å². The maximum absolute atomic E-state index is 12.1. The number of benzene rings is 1. The molecule has 1 amide bonds. The van der Waals surface area contributed by atoms with Gasteiger partial charge in [0.1, 0.15) is 0 Å². The molecule has 1 aromatic carbocycles. The molecule has 1 aliphatic rings. The number of methoxy groups -OCH3 is 1. The molecule has 0 saturated carbocycles. The first-order valence-corrected chi connectivity index (χ1v) is 14.5. The van der Waals surface area contributed by atoms with E-state index in [2.05, 4.69) is 6.58 Å². The molecule has 2 N–H and O–H groups in total. The Balaban J connectivity index is 2.16. The normalized spacial score (nSPS) is 22.7. The fourth-order valence-electron chi connectivity index (χ4n) is 2.52. The van der Waals surface area contributed by atoms with Crippen LogP contribution in [0, 0.1) is 0 Å². The number of carbonyl (C=O) groups excluding carboxylic acids is 1. The average Bonchev–Trinajstić information content (AvgIpc) is 2.50. The SMILES string of the molecule is C=C(C)C(Cc1ccc(OC)cc1)N1C(=O)C(N)C1[S][Hg+]. The Morgan fingerprint density at radius 3 is 2.62 bits per heavy atom. The summed E-state index contributed by atoms with van der Waals surface area (Å²) in [5.74, 6) is 0.877. The van der Waals surface area contributed by atoms with Crippen LogP contribution in [-0.4, -0.2) is 35.4 Å². The third-order valence-corrected chi connectivity index (χ3v) is 8.63. The summed E-state index contributed by atoms with van der Waals surface area (Å²) in [6.07, 6.45) is 0.766. The third-order valence-electron chi connectivity index (χ3n) is 3.78. The Kier molecular flexibility index (Phi) is 5.74. The van der Waals surface area contributed by atoms with E-state index < -0.39 is 0 Å². The summed E-state index contributed by atoms with van der Waals surface area (Å²) in [4.78, 5) is 14.0. The Bertz CT molecular complexity index is 535. The molecular weight excluding hydrogens is 473 g/mol. The van der Waals surface area contributed by atoms with E-state index in [-0.39, 0.29) is 23.4 Å². The van der Waals surface area contributed by atoms with E-state index in [1.807, 2.05) is 44.3 Å². The van der Waals surface area contributed by atoms with E-state index in [0.29, 0.717) is 24.6 Å². The third kappa shape index (κ3) is 3.46. The van der Waals surface area contributed by atoms with Crippen LogP contribution in [0.5, 0.6) is 5.75 Å². The molecule has 1 aromatic rings. The van der Waals surface area contributed by atoms with Crippen LogP contribution in [0.3, 0.4) is 0 Å². The van der Waals surface area contributed by atoms with Gasteiger partial charge in [-0.3, -0.25) is 0 Å².